The van der Waals surface area contributed by atoms with Gasteiger partial charge < -0.3 is 33.9 Å². The molecule has 1 amide bonds. The van der Waals surface area contributed by atoms with Crippen LogP contribution in [0.5, 0.6) is 28.7 Å². The van der Waals surface area contributed by atoms with E-state index in [-0.39, 0.29) is 11.7 Å². The van der Waals surface area contributed by atoms with Crippen LogP contribution in [0.25, 0.3) is 11.6 Å². The molecule has 3 aromatic carbocycles. The third-order valence-electron chi connectivity index (χ3n) is 6.48. The van der Waals surface area contributed by atoms with Gasteiger partial charge in [0.25, 0.3) is 5.91 Å². The highest BCUT2D eigenvalue weighted by Gasteiger charge is 2.26. The molecule has 1 aliphatic rings. The number of rotatable bonds is 8. The lowest BCUT2D eigenvalue weighted by molar-refractivity contribution is -0.125. The van der Waals surface area contributed by atoms with Crippen molar-refractivity contribution in [2.24, 2.45) is 0 Å². The van der Waals surface area contributed by atoms with Crippen molar-refractivity contribution in [3.05, 3.63) is 70.7 Å². The molecular weight excluding hydrogens is 508 g/mol. The number of amides is 1. The Morgan fingerprint density at radius 3 is 1.95 bits per heavy atom. The number of carbonyl (C=O) groups excluding carboxylic acids is 1. The fraction of sp³-hybridized carbons (Fsp3) is 0.276. The molecule has 1 saturated heterocycles. The van der Waals surface area contributed by atoms with Crippen LogP contribution in [0.2, 0.25) is 5.02 Å². The van der Waals surface area contributed by atoms with E-state index in [1.54, 1.807) is 36.4 Å². The maximum Gasteiger partial charge on any atom is 0.254 e. The van der Waals surface area contributed by atoms with Gasteiger partial charge in [0, 0.05) is 42.5 Å². The molecule has 1 heterocycles. The van der Waals surface area contributed by atoms with Crippen molar-refractivity contribution in [1.29, 1.82) is 0 Å². The quantitative estimate of drug-likeness (QED) is 0.320. The molecule has 4 rings (SSSR count). The summed E-state index contributed by atoms with van der Waals surface area (Å²) in [7, 11) is 6.08. The normalized spacial score (nSPS) is 13.8. The second-order valence-electron chi connectivity index (χ2n) is 8.66. The third-order valence-corrected chi connectivity index (χ3v) is 6.73. The Labute approximate surface area is 227 Å². The van der Waals surface area contributed by atoms with Gasteiger partial charge in [-0.1, -0.05) is 17.7 Å². The topological polar surface area (TPSA) is 80.7 Å². The Bertz CT molecular complexity index is 1290. The molecular formula is C29H31ClN2O6. The smallest absolute Gasteiger partial charge is 0.254 e. The first kappa shape index (κ1) is 27.0. The summed E-state index contributed by atoms with van der Waals surface area (Å²) < 4.78 is 21.7. The molecule has 1 aliphatic heterocycles. The standard InChI is InChI=1S/C29H31ClN2O6/c1-35-25-10-5-19(16-24(25)33)15-23(20-17-26(36-2)28(38-4)27(18-20)37-3)29(34)32-13-11-31(12-14-32)22-8-6-21(30)7-9-22/h5-10,15-18,33H,11-14H2,1-4H3/b23-15+. The summed E-state index contributed by atoms with van der Waals surface area (Å²) in [5.41, 5.74) is 2.73. The first-order chi connectivity index (χ1) is 18.4. The van der Waals surface area contributed by atoms with E-state index in [2.05, 4.69) is 4.90 Å². The van der Waals surface area contributed by atoms with Crippen molar-refractivity contribution in [2.75, 3.05) is 59.5 Å². The number of halogens is 1. The number of phenolic OH excluding ortho intramolecular Hbond substituents is 1. The van der Waals surface area contributed by atoms with E-state index in [1.165, 1.54) is 28.4 Å². The number of carbonyl (C=O) groups is 1. The van der Waals surface area contributed by atoms with E-state index in [9.17, 15) is 9.90 Å². The summed E-state index contributed by atoms with van der Waals surface area (Å²) in [6.07, 6.45) is 1.74. The minimum absolute atomic E-state index is 0.0190. The molecule has 0 spiro atoms. The maximum atomic E-state index is 14.0. The molecule has 3 aromatic rings. The average molecular weight is 539 g/mol. The fourth-order valence-corrected chi connectivity index (χ4v) is 4.58. The SMILES string of the molecule is COc1ccc(/C=C(/C(=O)N2CCN(c3ccc(Cl)cc3)CC2)c2cc(OC)c(OC)c(OC)c2)cc1O. The van der Waals surface area contributed by atoms with E-state index in [0.717, 1.165) is 5.69 Å². The van der Waals surface area contributed by atoms with E-state index < -0.39 is 0 Å². The first-order valence-corrected chi connectivity index (χ1v) is 12.4. The minimum Gasteiger partial charge on any atom is -0.504 e. The van der Waals surface area contributed by atoms with Gasteiger partial charge in [-0.15, -0.1) is 0 Å². The number of anilines is 1. The van der Waals surface area contributed by atoms with Crippen molar-refractivity contribution in [3.63, 3.8) is 0 Å². The molecule has 9 heteroatoms. The van der Waals surface area contributed by atoms with Crippen LogP contribution in [0.15, 0.2) is 54.6 Å². The zero-order valence-corrected chi connectivity index (χ0v) is 22.6. The second-order valence-corrected chi connectivity index (χ2v) is 9.10. The van der Waals surface area contributed by atoms with Gasteiger partial charge >= 0.3 is 0 Å². The molecule has 0 aliphatic carbocycles. The lowest BCUT2D eigenvalue weighted by Gasteiger charge is -2.36. The Kier molecular flexibility index (Phi) is 8.53. The summed E-state index contributed by atoms with van der Waals surface area (Å²) in [5.74, 6) is 1.49. The number of ether oxygens (including phenoxy) is 4. The van der Waals surface area contributed by atoms with Crippen LogP contribution in [0.4, 0.5) is 5.69 Å². The van der Waals surface area contributed by atoms with E-state index in [0.29, 0.717) is 70.9 Å². The van der Waals surface area contributed by atoms with Crippen LogP contribution < -0.4 is 23.8 Å². The van der Waals surface area contributed by atoms with Crippen molar-refractivity contribution in [3.8, 4) is 28.7 Å². The van der Waals surface area contributed by atoms with Gasteiger partial charge in [-0.05, 0) is 65.7 Å². The van der Waals surface area contributed by atoms with Crippen molar-refractivity contribution < 1.29 is 28.8 Å². The highest BCUT2D eigenvalue weighted by molar-refractivity contribution is 6.30. The van der Waals surface area contributed by atoms with Gasteiger partial charge in [-0.2, -0.15) is 0 Å². The van der Waals surface area contributed by atoms with Crippen LogP contribution in [0, 0.1) is 0 Å². The number of methoxy groups -OCH3 is 4. The van der Waals surface area contributed by atoms with Crippen molar-refractivity contribution in [1.82, 2.24) is 4.90 Å². The number of hydrogen-bond acceptors (Lipinski definition) is 7. The highest BCUT2D eigenvalue weighted by Crippen LogP contribution is 2.41. The van der Waals surface area contributed by atoms with Gasteiger partial charge in [-0.25, -0.2) is 0 Å². The van der Waals surface area contributed by atoms with E-state index >= 15 is 0 Å². The second kappa shape index (κ2) is 12.0. The molecule has 0 aromatic heterocycles. The molecule has 38 heavy (non-hydrogen) atoms. The predicted octanol–water partition coefficient (Wildman–Crippen LogP) is 4.97. The minimum atomic E-state index is -0.148. The van der Waals surface area contributed by atoms with Gasteiger partial charge in [0.05, 0.1) is 28.4 Å². The predicted molar refractivity (Wildman–Crippen MR) is 149 cm³/mol. The number of hydrogen-bond donors (Lipinski definition) is 1. The number of aromatic hydroxyl groups is 1. The summed E-state index contributed by atoms with van der Waals surface area (Å²) in [6, 6.07) is 16.2. The van der Waals surface area contributed by atoms with Crippen molar-refractivity contribution >= 4 is 34.8 Å². The van der Waals surface area contributed by atoms with E-state index in [4.69, 9.17) is 30.5 Å². The van der Waals surface area contributed by atoms with Crippen LogP contribution in [0.3, 0.4) is 0 Å². The monoisotopic (exact) mass is 538 g/mol. The molecule has 0 bridgehead atoms. The molecule has 0 saturated carbocycles. The summed E-state index contributed by atoms with van der Waals surface area (Å²) in [6.45, 7) is 2.44. The Hall–Kier alpha value is -4.04. The molecule has 0 radical (unpaired) electrons. The fourth-order valence-electron chi connectivity index (χ4n) is 4.46. The molecule has 8 nitrogen and oxygen atoms in total. The number of nitrogens with zero attached hydrogens (tertiary/aromatic N) is 2. The maximum absolute atomic E-state index is 14.0. The zero-order chi connectivity index (χ0) is 27.2. The molecule has 1 fully saturated rings. The summed E-state index contributed by atoms with van der Waals surface area (Å²) >= 11 is 6.04. The Morgan fingerprint density at radius 2 is 1.42 bits per heavy atom. The molecule has 0 atom stereocenters. The Morgan fingerprint density at radius 1 is 0.816 bits per heavy atom. The highest BCUT2D eigenvalue weighted by atomic mass is 35.5. The summed E-state index contributed by atoms with van der Waals surface area (Å²) in [4.78, 5) is 18.0. The van der Waals surface area contributed by atoms with E-state index in [1.807, 2.05) is 29.2 Å². The summed E-state index contributed by atoms with van der Waals surface area (Å²) in [5, 5.41) is 11.0. The largest absolute Gasteiger partial charge is 0.504 e. The van der Waals surface area contributed by atoms with Gasteiger partial charge in [-0.3, -0.25) is 4.79 Å². The van der Waals surface area contributed by atoms with Crippen LogP contribution in [-0.2, 0) is 4.79 Å². The van der Waals surface area contributed by atoms with Crippen LogP contribution in [-0.4, -0.2) is 70.5 Å². The van der Waals surface area contributed by atoms with Crippen LogP contribution in [0.1, 0.15) is 11.1 Å². The number of piperazine rings is 1. The van der Waals surface area contributed by atoms with Crippen LogP contribution >= 0.6 is 11.6 Å². The van der Waals surface area contributed by atoms with Gasteiger partial charge in [0.2, 0.25) is 5.75 Å². The van der Waals surface area contributed by atoms with Crippen molar-refractivity contribution in [2.45, 2.75) is 0 Å². The number of benzene rings is 3. The molecule has 0 unspecified atom stereocenters. The number of phenols is 1. The lowest BCUT2D eigenvalue weighted by atomic mass is 9.99. The lowest BCUT2D eigenvalue weighted by Crippen LogP contribution is -2.49. The average Bonchev–Trinajstić information content (AvgIpc) is 2.95. The molecule has 1 N–H and O–H groups in total. The Balaban J connectivity index is 1.69. The molecule has 200 valence electrons. The zero-order valence-electron chi connectivity index (χ0n) is 21.9. The first-order valence-electron chi connectivity index (χ1n) is 12.1. The van der Waals surface area contributed by atoms with Gasteiger partial charge in [0.1, 0.15) is 0 Å². The van der Waals surface area contributed by atoms with Gasteiger partial charge in [0.15, 0.2) is 23.0 Å². The third kappa shape index (κ3) is 5.75.